The van der Waals surface area contributed by atoms with Gasteiger partial charge in [0.05, 0.1) is 12.7 Å². The Morgan fingerprint density at radius 1 is 1.11 bits per heavy atom. The molecule has 2 heterocycles. The van der Waals surface area contributed by atoms with Gasteiger partial charge >= 0.3 is 6.01 Å². The number of nitrogens with zero attached hydrogens (tertiary/aromatic N) is 2. The Hall–Kier alpha value is -3.74. The normalized spacial score (nSPS) is 10.8. The van der Waals surface area contributed by atoms with E-state index in [1.165, 1.54) is 25.4 Å². The number of pyridine rings is 1. The SMILES string of the molecule is COc1ccc(-c2ccc(F)cc2)c2oc(NC(=O)c3ccc(C)nc3)nc12. The number of anilines is 1. The lowest BCUT2D eigenvalue weighted by molar-refractivity contribution is 0.102. The first-order valence-electron chi connectivity index (χ1n) is 8.52. The molecule has 1 amide bonds. The van der Waals surface area contributed by atoms with E-state index in [1.54, 1.807) is 36.4 Å². The minimum atomic E-state index is -0.388. The van der Waals surface area contributed by atoms with Gasteiger partial charge in [-0.15, -0.1) is 0 Å². The Bertz CT molecular complexity index is 1150. The molecule has 4 rings (SSSR count). The molecule has 28 heavy (non-hydrogen) atoms. The zero-order valence-electron chi connectivity index (χ0n) is 15.2. The number of methoxy groups -OCH3 is 1. The fraction of sp³-hybridized carbons (Fsp3) is 0.0952. The van der Waals surface area contributed by atoms with Crippen LogP contribution in [0.5, 0.6) is 5.75 Å². The van der Waals surface area contributed by atoms with Crippen LogP contribution < -0.4 is 10.1 Å². The molecule has 4 aromatic rings. The zero-order chi connectivity index (χ0) is 19.7. The summed E-state index contributed by atoms with van der Waals surface area (Å²) in [4.78, 5) is 20.9. The number of nitrogens with one attached hydrogen (secondary N) is 1. The van der Waals surface area contributed by atoms with Gasteiger partial charge in [0, 0.05) is 17.5 Å². The number of benzene rings is 2. The molecule has 0 radical (unpaired) electrons. The largest absolute Gasteiger partial charge is 0.494 e. The minimum Gasteiger partial charge on any atom is -0.494 e. The van der Waals surface area contributed by atoms with Crippen LogP contribution in [0, 0.1) is 12.7 Å². The van der Waals surface area contributed by atoms with Crippen LogP contribution in [0.15, 0.2) is 59.1 Å². The smallest absolute Gasteiger partial charge is 0.302 e. The predicted octanol–water partition coefficient (Wildman–Crippen LogP) is 4.60. The van der Waals surface area contributed by atoms with Gasteiger partial charge in [-0.2, -0.15) is 4.98 Å². The van der Waals surface area contributed by atoms with Crippen LogP contribution in [-0.4, -0.2) is 23.0 Å². The number of aromatic nitrogens is 2. The van der Waals surface area contributed by atoms with Crippen molar-refractivity contribution in [2.75, 3.05) is 12.4 Å². The average Bonchev–Trinajstić information content (AvgIpc) is 3.12. The molecule has 0 spiro atoms. The van der Waals surface area contributed by atoms with Crippen LogP contribution >= 0.6 is 0 Å². The summed E-state index contributed by atoms with van der Waals surface area (Å²) in [5, 5.41) is 2.63. The van der Waals surface area contributed by atoms with Crippen LogP contribution in [0.25, 0.3) is 22.2 Å². The molecule has 7 heteroatoms. The number of carbonyl (C=O) groups excluding carboxylic acids is 1. The quantitative estimate of drug-likeness (QED) is 0.562. The van der Waals surface area contributed by atoms with Gasteiger partial charge in [0.15, 0.2) is 11.1 Å². The van der Waals surface area contributed by atoms with Gasteiger partial charge in [0.1, 0.15) is 11.6 Å². The minimum absolute atomic E-state index is 0.0356. The van der Waals surface area contributed by atoms with Crippen molar-refractivity contribution in [1.82, 2.24) is 9.97 Å². The number of carbonyl (C=O) groups is 1. The van der Waals surface area contributed by atoms with E-state index in [4.69, 9.17) is 9.15 Å². The molecule has 6 nitrogen and oxygen atoms in total. The van der Waals surface area contributed by atoms with E-state index in [0.29, 0.717) is 28.0 Å². The molecule has 0 saturated carbocycles. The highest BCUT2D eigenvalue weighted by Crippen LogP contribution is 2.36. The number of aryl methyl sites for hydroxylation is 1. The van der Waals surface area contributed by atoms with Crippen molar-refractivity contribution in [3.05, 3.63) is 71.8 Å². The fourth-order valence-corrected chi connectivity index (χ4v) is 2.83. The van der Waals surface area contributed by atoms with E-state index in [9.17, 15) is 9.18 Å². The van der Waals surface area contributed by atoms with Crippen LogP contribution in [-0.2, 0) is 0 Å². The second kappa shape index (κ2) is 7.11. The number of oxazole rings is 1. The second-order valence-corrected chi connectivity index (χ2v) is 6.16. The first-order chi connectivity index (χ1) is 13.5. The molecule has 0 fully saturated rings. The van der Waals surface area contributed by atoms with E-state index in [1.807, 2.05) is 6.92 Å². The van der Waals surface area contributed by atoms with Crippen molar-refractivity contribution >= 4 is 23.0 Å². The van der Waals surface area contributed by atoms with Gasteiger partial charge in [0.25, 0.3) is 5.91 Å². The molecule has 1 N–H and O–H groups in total. The van der Waals surface area contributed by atoms with Crippen LogP contribution in [0.2, 0.25) is 0 Å². The number of hydrogen-bond donors (Lipinski definition) is 1. The van der Waals surface area contributed by atoms with Crippen LogP contribution in [0.3, 0.4) is 0 Å². The summed E-state index contributed by atoms with van der Waals surface area (Å²) in [5.41, 5.74) is 3.56. The van der Waals surface area contributed by atoms with E-state index < -0.39 is 0 Å². The molecule has 140 valence electrons. The number of fused-ring (bicyclic) bond motifs is 1. The molecule has 0 aliphatic rings. The lowest BCUT2D eigenvalue weighted by atomic mass is 10.0. The molecular weight excluding hydrogens is 361 g/mol. The van der Waals surface area contributed by atoms with Crippen molar-refractivity contribution in [2.45, 2.75) is 6.92 Å². The van der Waals surface area contributed by atoms with Gasteiger partial charge < -0.3 is 9.15 Å². The Balaban J connectivity index is 1.74. The first kappa shape index (κ1) is 17.7. The molecule has 0 unspecified atom stereocenters. The topological polar surface area (TPSA) is 77.2 Å². The van der Waals surface area contributed by atoms with Crippen molar-refractivity contribution in [1.29, 1.82) is 0 Å². The molecule has 0 bridgehead atoms. The number of hydrogen-bond acceptors (Lipinski definition) is 5. The monoisotopic (exact) mass is 377 g/mol. The number of ether oxygens (including phenoxy) is 1. The maximum atomic E-state index is 13.3. The van der Waals surface area contributed by atoms with Crippen molar-refractivity contribution in [3.63, 3.8) is 0 Å². The summed E-state index contributed by atoms with van der Waals surface area (Å²) in [6.45, 7) is 1.84. The van der Waals surface area contributed by atoms with E-state index in [2.05, 4.69) is 15.3 Å². The number of amides is 1. The summed E-state index contributed by atoms with van der Waals surface area (Å²) >= 11 is 0. The number of halogens is 1. The highest BCUT2D eigenvalue weighted by molar-refractivity contribution is 6.04. The summed E-state index contributed by atoms with van der Waals surface area (Å²) in [5.74, 6) is -0.214. The van der Waals surface area contributed by atoms with Crippen molar-refractivity contribution in [2.24, 2.45) is 0 Å². The Labute approximate surface area is 160 Å². The molecule has 0 aliphatic heterocycles. The lowest BCUT2D eigenvalue weighted by Gasteiger charge is -2.05. The van der Waals surface area contributed by atoms with Gasteiger partial charge in [-0.1, -0.05) is 12.1 Å². The van der Waals surface area contributed by atoms with E-state index in [-0.39, 0.29) is 17.7 Å². The van der Waals surface area contributed by atoms with Crippen molar-refractivity contribution in [3.8, 4) is 16.9 Å². The highest BCUT2D eigenvalue weighted by atomic mass is 19.1. The third-order valence-corrected chi connectivity index (χ3v) is 4.28. The zero-order valence-corrected chi connectivity index (χ0v) is 15.2. The molecule has 2 aromatic heterocycles. The Morgan fingerprint density at radius 3 is 2.57 bits per heavy atom. The molecule has 0 aliphatic carbocycles. The molecule has 2 aromatic carbocycles. The fourth-order valence-electron chi connectivity index (χ4n) is 2.83. The summed E-state index contributed by atoms with van der Waals surface area (Å²) in [6, 6.07) is 13.0. The maximum absolute atomic E-state index is 13.3. The molecular formula is C21H16FN3O3. The van der Waals surface area contributed by atoms with E-state index in [0.717, 1.165) is 11.3 Å². The second-order valence-electron chi connectivity index (χ2n) is 6.16. The van der Waals surface area contributed by atoms with Gasteiger partial charge in [-0.05, 0) is 48.9 Å². The van der Waals surface area contributed by atoms with Gasteiger partial charge in [-0.3, -0.25) is 15.1 Å². The summed E-state index contributed by atoms with van der Waals surface area (Å²) in [6.07, 6.45) is 1.48. The number of rotatable bonds is 4. The standard InChI is InChI=1S/C21H16FN3O3/c1-12-3-4-14(11-23-12)20(26)25-21-24-18-17(27-2)10-9-16(19(18)28-21)13-5-7-15(22)8-6-13/h3-11H,1-2H3,(H,24,25,26). The van der Waals surface area contributed by atoms with Crippen LogP contribution in [0.1, 0.15) is 16.1 Å². The van der Waals surface area contributed by atoms with Crippen molar-refractivity contribution < 1.29 is 18.3 Å². The third kappa shape index (κ3) is 3.29. The van der Waals surface area contributed by atoms with E-state index >= 15 is 0 Å². The first-order valence-corrected chi connectivity index (χ1v) is 8.52. The highest BCUT2D eigenvalue weighted by Gasteiger charge is 2.18. The average molecular weight is 377 g/mol. The predicted molar refractivity (Wildman–Crippen MR) is 103 cm³/mol. The van der Waals surface area contributed by atoms with Crippen LogP contribution in [0.4, 0.5) is 10.4 Å². The summed E-state index contributed by atoms with van der Waals surface area (Å²) < 4.78 is 24.4. The molecule has 0 atom stereocenters. The Kier molecular flexibility index (Phi) is 4.49. The van der Waals surface area contributed by atoms with Gasteiger partial charge in [-0.25, -0.2) is 4.39 Å². The van der Waals surface area contributed by atoms with Gasteiger partial charge in [0.2, 0.25) is 0 Å². The third-order valence-electron chi connectivity index (χ3n) is 4.28. The summed E-state index contributed by atoms with van der Waals surface area (Å²) in [7, 11) is 1.53. The Morgan fingerprint density at radius 2 is 1.89 bits per heavy atom. The maximum Gasteiger partial charge on any atom is 0.302 e. The molecule has 0 saturated heterocycles. The lowest BCUT2D eigenvalue weighted by Crippen LogP contribution is -2.12.